The van der Waals surface area contributed by atoms with Crippen molar-refractivity contribution in [2.45, 2.75) is 27.4 Å². The van der Waals surface area contributed by atoms with Crippen LogP contribution in [0.5, 0.6) is 0 Å². The van der Waals surface area contributed by atoms with E-state index in [0.717, 1.165) is 5.56 Å². The van der Waals surface area contributed by atoms with Crippen LogP contribution in [0.3, 0.4) is 0 Å². The van der Waals surface area contributed by atoms with Crippen LogP contribution in [-0.4, -0.2) is 5.71 Å². The average Bonchev–Trinajstić information content (AvgIpc) is 2.50. The summed E-state index contributed by atoms with van der Waals surface area (Å²) >= 11 is 5.83. The number of hydrogen-bond acceptors (Lipinski definition) is 2. The molecule has 0 saturated heterocycles. The second-order valence-corrected chi connectivity index (χ2v) is 5.51. The van der Waals surface area contributed by atoms with Gasteiger partial charge in [-0.2, -0.15) is 0 Å². The number of aryl methyl sites for hydroxylation is 2. The Bertz CT molecular complexity index is 716. The van der Waals surface area contributed by atoms with E-state index >= 15 is 0 Å². The molecule has 2 aromatic rings. The van der Waals surface area contributed by atoms with E-state index in [1.165, 1.54) is 16.7 Å². The predicted octanol–water partition coefficient (Wildman–Crippen LogP) is 4.90. The maximum absolute atomic E-state index is 5.83. The summed E-state index contributed by atoms with van der Waals surface area (Å²) in [7, 11) is 0. The molecule has 112 valence electrons. The quantitative estimate of drug-likeness (QED) is 0.449. The Morgan fingerprint density at radius 3 is 2.36 bits per heavy atom. The lowest BCUT2D eigenvalue weighted by Gasteiger charge is -2.07. The Labute approximate surface area is 136 Å². The minimum Gasteiger partial charge on any atom is -0.390 e. The second-order valence-electron chi connectivity index (χ2n) is 5.08. The maximum Gasteiger partial charge on any atom is 0.142 e. The van der Waals surface area contributed by atoms with Gasteiger partial charge < -0.3 is 4.84 Å². The molecule has 2 nitrogen and oxygen atoms in total. The molecule has 0 N–H and O–H groups in total. The first-order valence-electron chi connectivity index (χ1n) is 7.05. The van der Waals surface area contributed by atoms with Gasteiger partial charge in [-0.25, -0.2) is 0 Å². The van der Waals surface area contributed by atoms with Gasteiger partial charge in [0.1, 0.15) is 12.3 Å². The molecule has 0 saturated carbocycles. The highest BCUT2D eigenvalue weighted by Gasteiger charge is 2.01. The molecule has 3 heteroatoms. The summed E-state index contributed by atoms with van der Waals surface area (Å²) in [5.74, 6) is 5.99. The number of oxime groups is 1. The van der Waals surface area contributed by atoms with Crippen molar-refractivity contribution < 1.29 is 4.84 Å². The van der Waals surface area contributed by atoms with Gasteiger partial charge in [0.15, 0.2) is 0 Å². The Balaban J connectivity index is 1.98. The van der Waals surface area contributed by atoms with E-state index in [4.69, 9.17) is 16.4 Å². The van der Waals surface area contributed by atoms with E-state index < -0.39 is 0 Å². The fourth-order valence-electron chi connectivity index (χ4n) is 1.99. The van der Waals surface area contributed by atoms with Crippen LogP contribution < -0.4 is 0 Å². The highest BCUT2D eigenvalue weighted by Crippen LogP contribution is 2.14. The highest BCUT2D eigenvalue weighted by molar-refractivity contribution is 6.30. The Morgan fingerprint density at radius 2 is 1.73 bits per heavy atom. The lowest BCUT2D eigenvalue weighted by molar-refractivity contribution is 0.130. The number of halogens is 1. The fourth-order valence-corrected chi connectivity index (χ4v) is 2.11. The number of hydrogen-bond donors (Lipinski definition) is 0. The summed E-state index contributed by atoms with van der Waals surface area (Å²) in [6.07, 6.45) is 0. The first-order valence-corrected chi connectivity index (χ1v) is 7.43. The van der Waals surface area contributed by atoms with Crippen LogP contribution in [-0.2, 0) is 11.4 Å². The largest absolute Gasteiger partial charge is 0.390 e. The lowest BCUT2D eigenvalue weighted by Crippen LogP contribution is -1.96. The normalized spacial score (nSPS) is 10.8. The molecular formula is C19H18ClNO. The summed E-state index contributed by atoms with van der Waals surface area (Å²) in [6, 6.07) is 13.6. The minimum absolute atomic E-state index is 0.457. The monoisotopic (exact) mass is 311 g/mol. The van der Waals surface area contributed by atoms with Crippen molar-refractivity contribution in [2.75, 3.05) is 0 Å². The topological polar surface area (TPSA) is 21.6 Å². The van der Waals surface area contributed by atoms with Crippen molar-refractivity contribution >= 4 is 17.3 Å². The van der Waals surface area contributed by atoms with Crippen LogP contribution in [0.25, 0.3) is 0 Å². The second kappa shape index (κ2) is 7.68. The molecule has 0 heterocycles. The lowest BCUT2D eigenvalue weighted by atomic mass is 10.0. The van der Waals surface area contributed by atoms with Gasteiger partial charge >= 0.3 is 0 Å². The van der Waals surface area contributed by atoms with E-state index in [2.05, 4.69) is 43.0 Å². The molecule has 0 atom stereocenters. The zero-order valence-corrected chi connectivity index (χ0v) is 13.7. The van der Waals surface area contributed by atoms with Gasteiger partial charge in [-0.1, -0.05) is 40.9 Å². The van der Waals surface area contributed by atoms with Gasteiger partial charge in [0.25, 0.3) is 0 Å². The molecule has 0 aliphatic carbocycles. The van der Waals surface area contributed by atoms with Crippen molar-refractivity contribution in [1.82, 2.24) is 0 Å². The third-order valence-electron chi connectivity index (χ3n) is 3.29. The van der Waals surface area contributed by atoms with Crippen molar-refractivity contribution in [1.29, 1.82) is 0 Å². The first kappa shape index (κ1) is 16.1. The minimum atomic E-state index is 0.457. The standard InChI is InChI=1S/C19H18ClNO/c1-14-5-4-6-15(2)19(14)13-22-21-16(3)7-8-17-9-11-18(20)12-10-17/h4-6,9-12H,13H2,1-3H3/b21-16+. The van der Waals surface area contributed by atoms with Gasteiger partial charge in [-0.15, -0.1) is 0 Å². The van der Waals surface area contributed by atoms with Gasteiger partial charge in [0, 0.05) is 10.6 Å². The van der Waals surface area contributed by atoms with E-state index in [-0.39, 0.29) is 0 Å². The van der Waals surface area contributed by atoms with E-state index in [1.54, 1.807) is 0 Å². The Morgan fingerprint density at radius 1 is 1.09 bits per heavy atom. The summed E-state index contributed by atoms with van der Waals surface area (Å²) < 4.78 is 0. The van der Waals surface area contributed by atoms with Crippen molar-refractivity contribution in [3.05, 3.63) is 69.7 Å². The zero-order chi connectivity index (χ0) is 15.9. The van der Waals surface area contributed by atoms with Crippen molar-refractivity contribution in [2.24, 2.45) is 5.16 Å². The SMILES string of the molecule is C/C(C#Cc1ccc(Cl)cc1)=N\OCc1c(C)cccc1C. The summed E-state index contributed by atoms with van der Waals surface area (Å²) in [5, 5.41) is 4.75. The molecule has 0 aliphatic heterocycles. The van der Waals surface area contributed by atoms with Gasteiger partial charge in [-0.05, 0) is 67.6 Å². The summed E-state index contributed by atoms with van der Waals surface area (Å²) in [6.45, 7) is 6.43. The molecule has 22 heavy (non-hydrogen) atoms. The molecule has 0 spiro atoms. The van der Waals surface area contributed by atoms with Gasteiger partial charge in [-0.3, -0.25) is 0 Å². The first-order chi connectivity index (χ1) is 10.6. The Hall–Kier alpha value is -2.24. The number of rotatable bonds is 3. The van der Waals surface area contributed by atoms with Crippen LogP contribution in [0.1, 0.15) is 29.2 Å². The van der Waals surface area contributed by atoms with E-state index in [0.29, 0.717) is 17.3 Å². The van der Waals surface area contributed by atoms with E-state index in [1.807, 2.05) is 37.3 Å². The molecule has 2 rings (SSSR count). The van der Waals surface area contributed by atoms with Gasteiger partial charge in [0.05, 0.1) is 0 Å². The molecular weight excluding hydrogens is 294 g/mol. The molecule has 2 aromatic carbocycles. The number of benzene rings is 2. The van der Waals surface area contributed by atoms with Crippen LogP contribution in [0.2, 0.25) is 5.02 Å². The van der Waals surface area contributed by atoms with Crippen molar-refractivity contribution in [3.8, 4) is 11.8 Å². The zero-order valence-electron chi connectivity index (χ0n) is 13.0. The van der Waals surface area contributed by atoms with Crippen LogP contribution >= 0.6 is 11.6 Å². The smallest absolute Gasteiger partial charge is 0.142 e. The molecule has 0 aromatic heterocycles. The third kappa shape index (κ3) is 4.65. The van der Waals surface area contributed by atoms with Crippen LogP contribution in [0, 0.1) is 25.7 Å². The molecule has 0 amide bonds. The highest BCUT2D eigenvalue weighted by atomic mass is 35.5. The Kier molecular flexibility index (Phi) is 5.63. The summed E-state index contributed by atoms with van der Waals surface area (Å²) in [4.78, 5) is 5.42. The predicted molar refractivity (Wildman–Crippen MR) is 92.1 cm³/mol. The molecule has 0 aliphatic rings. The average molecular weight is 312 g/mol. The van der Waals surface area contributed by atoms with E-state index in [9.17, 15) is 0 Å². The molecule has 0 unspecified atom stereocenters. The fraction of sp³-hybridized carbons (Fsp3) is 0.211. The van der Waals surface area contributed by atoms with Crippen molar-refractivity contribution in [3.63, 3.8) is 0 Å². The number of nitrogens with zero attached hydrogens (tertiary/aromatic N) is 1. The summed E-state index contributed by atoms with van der Waals surface area (Å²) in [5.41, 5.74) is 5.12. The van der Waals surface area contributed by atoms with Gasteiger partial charge in [0.2, 0.25) is 0 Å². The molecule has 0 radical (unpaired) electrons. The van der Waals surface area contributed by atoms with Crippen LogP contribution in [0.15, 0.2) is 47.6 Å². The third-order valence-corrected chi connectivity index (χ3v) is 3.54. The maximum atomic E-state index is 5.83. The van der Waals surface area contributed by atoms with Crippen LogP contribution in [0.4, 0.5) is 0 Å². The molecule has 0 fully saturated rings. The molecule has 0 bridgehead atoms.